The zero-order valence-electron chi connectivity index (χ0n) is 44.4. The van der Waals surface area contributed by atoms with Crippen molar-refractivity contribution >= 4 is 68.6 Å². The van der Waals surface area contributed by atoms with Gasteiger partial charge in [0.2, 0.25) is 23.6 Å². The van der Waals surface area contributed by atoms with Crippen LogP contribution in [0.3, 0.4) is 0 Å². The molecule has 5 heterocycles. The molecule has 76 heavy (non-hydrogen) atoms. The molecule has 6 amide bonds. The molecule has 5 aliphatic rings. The summed E-state index contributed by atoms with van der Waals surface area (Å²) in [7, 11) is 4.51. The number of halogens is 2. The van der Waals surface area contributed by atoms with Crippen LogP contribution >= 0.6 is 10.0 Å². The summed E-state index contributed by atoms with van der Waals surface area (Å²) in [6, 6.07) is 13.2. The van der Waals surface area contributed by atoms with Crippen molar-refractivity contribution in [3.05, 3.63) is 83.4 Å². The van der Waals surface area contributed by atoms with E-state index >= 15 is 8.78 Å². The Balaban J connectivity index is 1.01. The predicted molar refractivity (Wildman–Crippen MR) is 288 cm³/mol. The lowest BCUT2D eigenvalue weighted by Crippen LogP contribution is -2.56. The van der Waals surface area contributed by atoms with Gasteiger partial charge in [0, 0.05) is 57.5 Å². The number of likely N-dealkylation sites (tertiary alicyclic amines) is 2. The minimum Gasteiger partial charge on any atom is -0.453 e. The van der Waals surface area contributed by atoms with Gasteiger partial charge >= 0.3 is 12.2 Å². The molecule has 0 radical (unpaired) electrons. The van der Waals surface area contributed by atoms with Crippen LogP contribution in [0.1, 0.15) is 94.8 Å². The third-order valence-corrected chi connectivity index (χ3v) is 20.6. The third-order valence-electron chi connectivity index (χ3n) is 16.2. The first-order chi connectivity index (χ1) is 36.6. The van der Waals surface area contributed by atoms with E-state index in [9.17, 15) is 28.8 Å². The van der Waals surface area contributed by atoms with Crippen LogP contribution in [0.25, 0.3) is 0 Å². The van der Waals surface area contributed by atoms with Crippen LogP contribution in [0.4, 0.5) is 41.1 Å². The molecule has 21 heteroatoms. The minimum absolute atomic E-state index is 0.0123. The third kappa shape index (κ3) is 12.3. The van der Waals surface area contributed by atoms with Crippen molar-refractivity contribution in [3.63, 3.8) is 0 Å². The molecule has 3 aromatic carbocycles. The van der Waals surface area contributed by atoms with Gasteiger partial charge in [-0.15, -0.1) is 0 Å². The summed E-state index contributed by atoms with van der Waals surface area (Å²) >= 11 is 0. The highest BCUT2D eigenvalue weighted by molar-refractivity contribution is 8.33. The molecule has 8 rings (SSSR count). The number of carbonyl (C=O) groups excluding carboxylic acids is 6. The number of benzene rings is 3. The lowest BCUT2D eigenvalue weighted by Gasteiger charge is -2.49. The summed E-state index contributed by atoms with van der Waals surface area (Å²) in [5.74, 6) is 1.58. The maximum atomic E-state index is 16.7. The van der Waals surface area contributed by atoms with Crippen molar-refractivity contribution in [1.82, 2.24) is 20.4 Å². The van der Waals surface area contributed by atoms with Crippen molar-refractivity contribution < 1.29 is 56.5 Å². The maximum Gasteiger partial charge on any atom is 0.407 e. The minimum atomic E-state index is -1.07. The number of carbonyl (C=O) groups is 6. The summed E-state index contributed by atoms with van der Waals surface area (Å²) < 4.78 is 53.5. The van der Waals surface area contributed by atoms with Crippen molar-refractivity contribution in [2.24, 2.45) is 0 Å². The Morgan fingerprint density at radius 1 is 0.566 bits per heavy atom. The second-order valence-electron chi connectivity index (χ2n) is 20.6. The summed E-state index contributed by atoms with van der Waals surface area (Å²) in [6.45, 7) is 5.20. The Labute approximate surface area is 445 Å². The topological polar surface area (TPSA) is 200 Å². The lowest BCUT2D eigenvalue weighted by molar-refractivity contribution is -0.141. The maximum absolute atomic E-state index is 16.7. The van der Waals surface area contributed by atoms with Gasteiger partial charge in [-0.05, 0) is 136 Å². The van der Waals surface area contributed by atoms with Gasteiger partial charge in [-0.25, -0.2) is 28.4 Å². The largest absolute Gasteiger partial charge is 0.453 e. The fraction of sp³-hybridized carbons (Fsp3) is 0.564. The number of nitrogens with one attached hydrogen (secondary N) is 4. The quantitative estimate of drug-likeness (QED) is 0.112. The van der Waals surface area contributed by atoms with E-state index in [-0.39, 0.29) is 29.6 Å². The number of hydrogen-bond acceptors (Lipinski definition) is 12. The normalized spacial score (nSPS) is 23.3. The van der Waals surface area contributed by atoms with E-state index in [2.05, 4.69) is 26.2 Å². The highest BCUT2D eigenvalue weighted by atomic mass is 32.3. The SMILES string of the molecule is COC(=O)N[C@H](C(=O)N1CCC[C@H]1C(=O)Nc1ccc([C@@H]2CC[C@@H](c3ccc(NC(=O)[C@@H]4CCCN4C(=O)[C@@H](NC(=O)OC)[C@@H](C)OC)cc3)N2c2cc(F)c(N3CCS4(CCCCC4)CC3)c(F)c2)cc1)[C@@H](C)OC. The summed E-state index contributed by atoms with van der Waals surface area (Å²) in [6.07, 6.45) is 4.02. The smallest absolute Gasteiger partial charge is 0.407 e. The Morgan fingerprint density at radius 2 is 0.987 bits per heavy atom. The fourth-order valence-corrected chi connectivity index (χ4v) is 15.8. The van der Waals surface area contributed by atoms with E-state index in [0.29, 0.717) is 81.8 Å². The van der Waals surface area contributed by atoms with Gasteiger partial charge in [0.05, 0.1) is 38.5 Å². The van der Waals surface area contributed by atoms with Gasteiger partial charge in [0.15, 0.2) is 11.6 Å². The van der Waals surface area contributed by atoms with Gasteiger partial charge in [-0.1, -0.05) is 30.7 Å². The average Bonchev–Trinajstić information content (AvgIpc) is 4.24. The molecule has 0 unspecified atom stereocenters. The van der Waals surface area contributed by atoms with E-state index in [1.54, 1.807) is 38.1 Å². The monoisotopic (exact) mass is 1080 g/mol. The van der Waals surface area contributed by atoms with Crippen LogP contribution < -0.4 is 31.1 Å². The second-order valence-corrected chi connectivity index (χ2v) is 24.7. The number of rotatable bonds is 16. The van der Waals surface area contributed by atoms with E-state index in [1.807, 2.05) is 29.2 Å². The molecular formula is C55H74F2N8O10S. The van der Waals surface area contributed by atoms with Gasteiger partial charge in [-0.2, -0.15) is 0 Å². The van der Waals surface area contributed by atoms with Gasteiger partial charge in [-0.3, -0.25) is 19.2 Å². The average molecular weight is 1080 g/mol. The Kier molecular flexibility index (Phi) is 18.3. The number of methoxy groups -OCH3 is 4. The summed E-state index contributed by atoms with van der Waals surface area (Å²) in [5, 5.41) is 11.0. The van der Waals surface area contributed by atoms with E-state index in [1.165, 1.54) is 81.1 Å². The molecule has 3 aromatic rings. The highest BCUT2D eigenvalue weighted by Gasteiger charge is 2.43. The first-order valence-electron chi connectivity index (χ1n) is 26.5. The number of hydrogen-bond donors (Lipinski definition) is 4. The Morgan fingerprint density at radius 3 is 1.38 bits per heavy atom. The molecular weight excluding hydrogens is 1000 g/mol. The van der Waals surface area contributed by atoms with Crippen LogP contribution in [-0.2, 0) is 38.1 Å². The zero-order chi connectivity index (χ0) is 54.3. The van der Waals surface area contributed by atoms with Crippen LogP contribution in [-0.4, -0.2) is 160 Å². The number of ether oxygens (including phenoxy) is 4. The van der Waals surface area contributed by atoms with Crippen LogP contribution in [0.15, 0.2) is 60.7 Å². The van der Waals surface area contributed by atoms with Gasteiger partial charge in [0.1, 0.15) is 29.9 Å². The first kappa shape index (κ1) is 56.0. The number of amides is 6. The number of anilines is 4. The number of alkyl carbamates (subject to hydrolysis) is 2. The summed E-state index contributed by atoms with van der Waals surface area (Å²) in [5.41, 5.74) is 3.09. The van der Waals surface area contributed by atoms with Crippen molar-refractivity contribution in [3.8, 4) is 0 Å². The van der Waals surface area contributed by atoms with Crippen molar-refractivity contribution in [2.45, 2.75) is 120 Å². The predicted octanol–water partition coefficient (Wildman–Crippen LogP) is 7.23. The molecule has 5 fully saturated rings. The van der Waals surface area contributed by atoms with Crippen LogP contribution in [0.2, 0.25) is 0 Å². The Hall–Kier alpha value is -6.19. The van der Waals surface area contributed by atoms with Crippen molar-refractivity contribution in [2.75, 3.05) is 98.1 Å². The molecule has 0 aromatic heterocycles. The fourth-order valence-electron chi connectivity index (χ4n) is 11.8. The lowest BCUT2D eigenvalue weighted by atomic mass is 10.0. The molecule has 0 aliphatic carbocycles. The molecule has 5 aliphatic heterocycles. The Bertz CT molecular complexity index is 2410. The second kappa shape index (κ2) is 24.9. The van der Waals surface area contributed by atoms with E-state index < -0.39 is 82.0 Å². The van der Waals surface area contributed by atoms with E-state index in [4.69, 9.17) is 18.9 Å². The molecule has 0 saturated carbocycles. The zero-order valence-corrected chi connectivity index (χ0v) is 45.3. The molecule has 5 saturated heterocycles. The van der Waals surface area contributed by atoms with Crippen molar-refractivity contribution in [1.29, 1.82) is 0 Å². The standard InChI is InChI=1S/C55H74F2N8O10S/c1-34(72-3)47(60-54(70)74-5)52(68)63-24-10-12-45(63)50(66)58-38-18-14-36(15-19-38)43-22-23-44(65(43)40-32-41(56)49(42(57)33-40)62-26-30-76(31-27-62)28-8-7-9-29-76)37-16-20-39(21-17-37)59-51(67)46-13-11-25-64(46)53(69)48(35(2)73-4)61-55(71)75-6/h14-21,32-35,43-48H,7-13,22-31H2,1-6H3,(H,58,66)(H,59,67)(H,60,70)(H,61,71)/t34-,35-,43+,44+,45+,46+,47+,48+/m1/s1. The number of nitrogens with zero attached hydrogens (tertiary/aromatic N) is 4. The van der Waals surface area contributed by atoms with Gasteiger partial charge < -0.3 is 59.8 Å². The molecule has 0 bridgehead atoms. The van der Waals surface area contributed by atoms with E-state index in [0.717, 1.165) is 22.6 Å². The molecule has 18 nitrogen and oxygen atoms in total. The first-order valence-corrected chi connectivity index (χ1v) is 28.8. The molecule has 8 atom stereocenters. The molecule has 414 valence electrons. The molecule has 1 spiro atoms. The van der Waals surface area contributed by atoms with Crippen LogP contribution in [0, 0.1) is 11.6 Å². The van der Waals surface area contributed by atoms with Gasteiger partial charge in [0.25, 0.3) is 0 Å². The summed E-state index contributed by atoms with van der Waals surface area (Å²) in [4.78, 5) is 86.3. The molecule has 4 N–H and O–H groups in total. The van der Waals surface area contributed by atoms with Crippen LogP contribution in [0.5, 0.6) is 0 Å². The highest BCUT2D eigenvalue weighted by Crippen LogP contribution is 2.54.